The summed E-state index contributed by atoms with van der Waals surface area (Å²) in [5.74, 6) is 0.517. The monoisotopic (exact) mass is 218 g/mol. The molecule has 0 bridgehead atoms. The zero-order valence-electron chi connectivity index (χ0n) is 9.56. The van der Waals surface area contributed by atoms with Crippen LogP contribution in [0, 0.1) is 0 Å². The Morgan fingerprint density at radius 1 is 1.31 bits per heavy atom. The SMILES string of the molecule is CC.CC(=O)c1cccc(-c2nn[nH]n2)c1. The fourth-order valence-electron chi connectivity index (χ4n) is 1.16. The largest absolute Gasteiger partial charge is 0.295 e. The Morgan fingerprint density at radius 2 is 2.06 bits per heavy atom. The van der Waals surface area contributed by atoms with E-state index >= 15 is 0 Å². The summed E-state index contributed by atoms with van der Waals surface area (Å²) in [5.41, 5.74) is 1.43. The van der Waals surface area contributed by atoms with E-state index < -0.39 is 0 Å². The van der Waals surface area contributed by atoms with Gasteiger partial charge < -0.3 is 0 Å². The van der Waals surface area contributed by atoms with Gasteiger partial charge in [-0.15, -0.1) is 10.2 Å². The lowest BCUT2D eigenvalue weighted by Gasteiger charge is -1.97. The predicted octanol–water partition coefficient (Wildman–Crippen LogP) is 2.10. The summed E-state index contributed by atoms with van der Waals surface area (Å²) in [6.07, 6.45) is 0. The second-order valence-electron chi connectivity index (χ2n) is 2.87. The summed E-state index contributed by atoms with van der Waals surface area (Å²) < 4.78 is 0. The van der Waals surface area contributed by atoms with Crippen LogP contribution >= 0.6 is 0 Å². The third-order valence-corrected chi connectivity index (χ3v) is 1.87. The Kier molecular flexibility index (Phi) is 4.32. The number of nitrogens with zero attached hydrogens (tertiary/aromatic N) is 3. The number of H-pyrrole nitrogens is 1. The molecule has 2 rings (SSSR count). The smallest absolute Gasteiger partial charge is 0.204 e. The molecule has 0 aliphatic heterocycles. The van der Waals surface area contributed by atoms with Crippen LogP contribution in [-0.2, 0) is 0 Å². The number of ketones is 1. The Labute approximate surface area is 93.9 Å². The molecule has 0 amide bonds. The first kappa shape index (κ1) is 12.0. The number of aromatic amines is 1. The molecule has 2 aromatic rings. The Hall–Kier alpha value is -2.04. The maximum atomic E-state index is 11.1. The van der Waals surface area contributed by atoms with E-state index in [1.54, 1.807) is 18.2 Å². The second kappa shape index (κ2) is 5.75. The van der Waals surface area contributed by atoms with Gasteiger partial charge in [-0.25, -0.2) is 0 Å². The first-order valence-electron chi connectivity index (χ1n) is 5.12. The fourth-order valence-corrected chi connectivity index (χ4v) is 1.16. The van der Waals surface area contributed by atoms with Crippen molar-refractivity contribution in [3.8, 4) is 11.4 Å². The predicted molar refractivity (Wildman–Crippen MR) is 61.0 cm³/mol. The van der Waals surface area contributed by atoms with Crippen LogP contribution in [0.15, 0.2) is 24.3 Å². The molecule has 1 aromatic heterocycles. The minimum absolute atomic E-state index is 0.0235. The van der Waals surface area contributed by atoms with Gasteiger partial charge in [-0.05, 0) is 18.2 Å². The van der Waals surface area contributed by atoms with Gasteiger partial charge >= 0.3 is 0 Å². The van der Waals surface area contributed by atoms with Gasteiger partial charge in [0.25, 0.3) is 0 Å². The molecule has 1 heterocycles. The van der Waals surface area contributed by atoms with E-state index in [0.717, 1.165) is 5.56 Å². The van der Waals surface area contributed by atoms with Crippen molar-refractivity contribution in [3.05, 3.63) is 29.8 Å². The molecule has 0 atom stereocenters. The van der Waals surface area contributed by atoms with Crippen molar-refractivity contribution in [2.45, 2.75) is 20.8 Å². The van der Waals surface area contributed by atoms with Gasteiger partial charge in [0.15, 0.2) is 5.78 Å². The zero-order chi connectivity index (χ0) is 12.0. The van der Waals surface area contributed by atoms with Gasteiger partial charge in [0.2, 0.25) is 5.82 Å². The average Bonchev–Trinajstić information content (AvgIpc) is 2.85. The lowest BCUT2D eigenvalue weighted by molar-refractivity contribution is 0.101. The van der Waals surface area contributed by atoms with Crippen LogP contribution in [0.4, 0.5) is 0 Å². The van der Waals surface area contributed by atoms with Gasteiger partial charge in [0, 0.05) is 11.1 Å². The number of hydrogen-bond acceptors (Lipinski definition) is 4. The molecule has 5 heteroatoms. The van der Waals surface area contributed by atoms with Crippen molar-refractivity contribution in [1.82, 2.24) is 20.6 Å². The zero-order valence-corrected chi connectivity index (χ0v) is 9.56. The molecule has 0 aliphatic rings. The standard InChI is InChI=1S/C9H8N4O.C2H6/c1-6(14)7-3-2-4-8(5-7)9-10-12-13-11-9;1-2/h2-5H,1H3,(H,10,11,12,13);1-2H3. The highest BCUT2D eigenvalue weighted by molar-refractivity contribution is 5.95. The molecule has 0 saturated heterocycles. The van der Waals surface area contributed by atoms with Crippen molar-refractivity contribution in [1.29, 1.82) is 0 Å². The summed E-state index contributed by atoms with van der Waals surface area (Å²) in [7, 11) is 0. The highest BCUT2D eigenvalue weighted by atomic mass is 16.1. The topological polar surface area (TPSA) is 71.5 Å². The Bertz CT molecular complexity index is 451. The lowest BCUT2D eigenvalue weighted by Crippen LogP contribution is -1.92. The number of Topliss-reactive ketones (excluding diaryl/α,β-unsaturated/α-hetero) is 1. The highest BCUT2D eigenvalue weighted by Gasteiger charge is 2.05. The first-order valence-corrected chi connectivity index (χ1v) is 5.12. The number of carbonyl (C=O) groups excluding carboxylic acids is 1. The quantitative estimate of drug-likeness (QED) is 0.783. The van der Waals surface area contributed by atoms with Gasteiger partial charge in [-0.3, -0.25) is 4.79 Å². The van der Waals surface area contributed by atoms with E-state index in [0.29, 0.717) is 11.4 Å². The molecule has 5 nitrogen and oxygen atoms in total. The van der Waals surface area contributed by atoms with Gasteiger partial charge in [0.05, 0.1) is 0 Å². The number of nitrogens with one attached hydrogen (secondary N) is 1. The van der Waals surface area contributed by atoms with Crippen molar-refractivity contribution < 1.29 is 4.79 Å². The minimum atomic E-state index is 0.0235. The second-order valence-corrected chi connectivity index (χ2v) is 2.87. The molecule has 1 aromatic carbocycles. The van der Waals surface area contributed by atoms with E-state index in [4.69, 9.17) is 0 Å². The lowest BCUT2D eigenvalue weighted by atomic mass is 10.1. The molecule has 0 unspecified atom stereocenters. The molecule has 0 spiro atoms. The Morgan fingerprint density at radius 3 is 2.62 bits per heavy atom. The molecule has 16 heavy (non-hydrogen) atoms. The van der Waals surface area contributed by atoms with E-state index in [9.17, 15) is 4.79 Å². The van der Waals surface area contributed by atoms with Crippen molar-refractivity contribution in [2.75, 3.05) is 0 Å². The number of tetrazole rings is 1. The molecule has 0 saturated carbocycles. The van der Waals surface area contributed by atoms with E-state index in [1.165, 1.54) is 6.92 Å². The number of carbonyl (C=O) groups is 1. The molecule has 0 aliphatic carbocycles. The first-order chi connectivity index (χ1) is 7.77. The summed E-state index contributed by atoms with van der Waals surface area (Å²) in [6, 6.07) is 7.12. The summed E-state index contributed by atoms with van der Waals surface area (Å²) in [6.45, 7) is 5.52. The van der Waals surface area contributed by atoms with E-state index in [1.807, 2.05) is 19.9 Å². The molecular weight excluding hydrogens is 204 g/mol. The van der Waals surface area contributed by atoms with Crippen molar-refractivity contribution >= 4 is 5.78 Å². The van der Waals surface area contributed by atoms with Crippen LogP contribution in [0.1, 0.15) is 31.1 Å². The van der Waals surface area contributed by atoms with Crippen LogP contribution in [0.5, 0.6) is 0 Å². The van der Waals surface area contributed by atoms with Gasteiger partial charge in [0.1, 0.15) is 0 Å². The number of aromatic nitrogens is 4. The van der Waals surface area contributed by atoms with Crippen LogP contribution in [-0.4, -0.2) is 26.4 Å². The number of benzene rings is 1. The van der Waals surface area contributed by atoms with Crippen LogP contribution < -0.4 is 0 Å². The van der Waals surface area contributed by atoms with Crippen molar-refractivity contribution in [2.24, 2.45) is 0 Å². The normalized spacial score (nSPS) is 9.19. The van der Waals surface area contributed by atoms with E-state index in [2.05, 4.69) is 20.6 Å². The van der Waals surface area contributed by atoms with Crippen LogP contribution in [0.25, 0.3) is 11.4 Å². The molecule has 84 valence electrons. The number of rotatable bonds is 2. The van der Waals surface area contributed by atoms with Crippen LogP contribution in [0.3, 0.4) is 0 Å². The Balaban J connectivity index is 0.000000606. The summed E-state index contributed by atoms with van der Waals surface area (Å²) in [5, 5.41) is 13.5. The van der Waals surface area contributed by atoms with Gasteiger partial charge in [-0.2, -0.15) is 5.21 Å². The maximum absolute atomic E-state index is 11.1. The van der Waals surface area contributed by atoms with Gasteiger partial charge in [-0.1, -0.05) is 32.0 Å². The summed E-state index contributed by atoms with van der Waals surface area (Å²) >= 11 is 0. The summed E-state index contributed by atoms with van der Waals surface area (Å²) in [4.78, 5) is 11.1. The maximum Gasteiger partial charge on any atom is 0.204 e. The minimum Gasteiger partial charge on any atom is -0.295 e. The van der Waals surface area contributed by atoms with Crippen LogP contribution in [0.2, 0.25) is 0 Å². The third-order valence-electron chi connectivity index (χ3n) is 1.87. The third kappa shape index (κ3) is 2.73. The molecule has 1 N–H and O–H groups in total. The highest BCUT2D eigenvalue weighted by Crippen LogP contribution is 2.14. The molecule has 0 radical (unpaired) electrons. The van der Waals surface area contributed by atoms with Crippen molar-refractivity contribution in [3.63, 3.8) is 0 Å². The fraction of sp³-hybridized carbons (Fsp3) is 0.273. The van der Waals surface area contributed by atoms with E-state index in [-0.39, 0.29) is 5.78 Å². The average molecular weight is 218 g/mol. The molecular formula is C11H14N4O. The number of hydrogen-bond donors (Lipinski definition) is 1. The molecule has 0 fully saturated rings.